The highest BCUT2D eigenvalue weighted by Gasteiger charge is 2.44. The maximum atomic E-state index is 10.3. The van der Waals surface area contributed by atoms with Crippen molar-refractivity contribution in [3.63, 3.8) is 0 Å². The predicted octanol–water partition coefficient (Wildman–Crippen LogP) is 8.47. The van der Waals surface area contributed by atoms with Crippen molar-refractivity contribution in [1.82, 2.24) is 0 Å². The molecule has 1 unspecified atom stereocenters. The first-order valence-electron chi connectivity index (χ1n) is 16.2. The molecule has 5 heteroatoms. The average molecular weight is 610 g/mol. The van der Waals surface area contributed by atoms with Gasteiger partial charge in [0.05, 0.1) is 26.0 Å². The molecule has 2 heterocycles. The van der Waals surface area contributed by atoms with Crippen LogP contribution in [0.2, 0.25) is 0 Å². The van der Waals surface area contributed by atoms with Crippen LogP contribution in [-0.2, 0) is 11.0 Å². The second kappa shape index (κ2) is 10.7. The molecule has 0 bridgehead atoms. The molecule has 232 valence electrons. The average Bonchev–Trinajstić information content (AvgIpc) is 3.35. The van der Waals surface area contributed by atoms with E-state index in [1.165, 1.54) is 22.3 Å². The molecule has 0 saturated carbocycles. The fourth-order valence-electron chi connectivity index (χ4n) is 7.98. The lowest BCUT2D eigenvalue weighted by molar-refractivity contribution is 0.145. The van der Waals surface area contributed by atoms with Crippen LogP contribution in [0.3, 0.4) is 0 Å². The number of aliphatic hydroxyl groups is 1. The third-order valence-electron chi connectivity index (χ3n) is 10.4. The molecule has 1 fully saturated rings. The van der Waals surface area contributed by atoms with Gasteiger partial charge in [0.15, 0.2) is 5.60 Å². The summed E-state index contributed by atoms with van der Waals surface area (Å²) >= 11 is 0. The van der Waals surface area contributed by atoms with Gasteiger partial charge in [-0.25, -0.2) is 0 Å². The molecule has 0 radical (unpaired) electrons. The number of anilines is 1. The van der Waals surface area contributed by atoms with E-state index in [2.05, 4.69) is 104 Å². The number of hydrogen-bond donors (Lipinski definition) is 1. The Kier molecular flexibility index (Phi) is 6.66. The molecule has 8 rings (SSSR count). The van der Waals surface area contributed by atoms with Crippen molar-refractivity contribution in [2.24, 2.45) is 0 Å². The Morgan fingerprint density at radius 1 is 0.804 bits per heavy atom. The van der Waals surface area contributed by atoms with Gasteiger partial charge in [-0.3, -0.25) is 0 Å². The van der Waals surface area contributed by atoms with E-state index in [9.17, 15) is 5.11 Å². The zero-order valence-electron chi connectivity index (χ0n) is 26.8. The van der Waals surface area contributed by atoms with E-state index in [4.69, 9.17) is 14.2 Å². The summed E-state index contributed by atoms with van der Waals surface area (Å²) in [6, 6.07) is 31.9. The van der Waals surface area contributed by atoms with Gasteiger partial charge in [-0.15, -0.1) is 0 Å². The van der Waals surface area contributed by atoms with E-state index in [-0.39, 0.29) is 11.5 Å². The third kappa shape index (κ3) is 4.18. The Morgan fingerprint density at radius 3 is 2.22 bits per heavy atom. The quantitative estimate of drug-likeness (QED) is 0.217. The first-order valence-corrected chi connectivity index (χ1v) is 16.2. The summed E-state index contributed by atoms with van der Waals surface area (Å²) in [5, 5.41) is 12.5. The second-order valence-corrected chi connectivity index (χ2v) is 13.2. The maximum Gasteiger partial charge on any atom is 0.178 e. The number of methoxy groups -OCH3 is 2. The maximum absolute atomic E-state index is 10.3. The monoisotopic (exact) mass is 609 g/mol. The molecule has 5 aromatic carbocycles. The van der Waals surface area contributed by atoms with Gasteiger partial charge >= 0.3 is 0 Å². The molecule has 1 atom stereocenters. The number of rotatable bonds is 5. The van der Waals surface area contributed by atoms with Gasteiger partial charge in [0.2, 0.25) is 0 Å². The van der Waals surface area contributed by atoms with Crippen molar-refractivity contribution in [3.05, 3.63) is 125 Å². The van der Waals surface area contributed by atoms with Crippen LogP contribution in [0.1, 0.15) is 54.5 Å². The van der Waals surface area contributed by atoms with Crippen molar-refractivity contribution in [2.45, 2.75) is 43.8 Å². The van der Waals surface area contributed by atoms with Crippen LogP contribution < -0.4 is 19.1 Å². The van der Waals surface area contributed by atoms with E-state index >= 15 is 0 Å². The molecule has 0 aromatic heterocycles. The van der Waals surface area contributed by atoms with Crippen LogP contribution in [0.15, 0.2) is 97.1 Å². The Bertz CT molecular complexity index is 1990. The number of aliphatic hydroxyl groups excluding tert-OH is 1. The number of piperidine rings is 1. The molecular formula is C41H39NO4. The first kappa shape index (κ1) is 28.7. The molecular weight excluding hydrogens is 570 g/mol. The molecule has 0 spiro atoms. The second-order valence-electron chi connectivity index (χ2n) is 13.2. The molecule has 2 aliphatic heterocycles. The molecule has 1 N–H and O–H groups in total. The Morgan fingerprint density at radius 2 is 1.50 bits per heavy atom. The van der Waals surface area contributed by atoms with Crippen LogP contribution in [0, 0.1) is 0 Å². The van der Waals surface area contributed by atoms with E-state index in [0.717, 1.165) is 76.3 Å². The number of nitrogens with zero attached hydrogens (tertiary/aromatic N) is 1. The van der Waals surface area contributed by atoms with Gasteiger partial charge in [0.1, 0.15) is 17.2 Å². The standard InChI is InChI=1S/C41H39NO4/c1-40(2)34-13-9-8-12-30(34)37-32-24-35(42-22-19-28(43)20-23-42)36(45-4)25-33(32)39-31(38(37)40)18-21-41(46-39,26-10-6-5-7-11-26)27-14-16-29(44-3)17-15-27/h5-18,21,24-25,28,43H,19-20,22-23H2,1-4H3. The molecule has 0 amide bonds. The topological polar surface area (TPSA) is 51.2 Å². The normalized spacial score (nSPS) is 19.7. The largest absolute Gasteiger partial charge is 0.497 e. The molecule has 3 aliphatic rings. The lowest BCUT2D eigenvalue weighted by Gasteiger charge is -2.39. The summed E-state index contributed by atoms with van der Waals surface area (Å²) in [6.07, 6.45) is 5.75. The highest BCUT2D eigenvalue weighted by atomic mass is 16.5. The van der Waals surface area contributed by atoms with Gasteiger partial charge in [0, 0.05) is 40.6 Å². The Balaban J connectivity index is 1.43. The summed E-state index contributed by atoms with van der Waals surface area (Å²) in [5.74, 6) is 2.47. The number of hydrogen-bond acceptors (Lipinski definition) is 5. The van der Waals surface area contributed by atoms with Gasteiger partial charge in [-0.05, 0) is 70.8 Å². The van der Waals surface area contributed by atoms with Crippen molar-refractivity contribution in [1.29, 1.82) is 0 Å². The Hall–Kier alpha value is -4.74. The molecule has 5 aromatic rings. The summed E-state index contributed by atoms with van der Waals surface area (Å²) < 4.78 is 19.1. The van der Waals surface area contributed by atoms with Crippen molar-refractivity contribution < 1.29 is 19.3 Å². The van der Waals surface area contributed by atoms with Crippen LogP contribution in [0.4, 0.5) is 5.69 Å². The van der Waals surface area contributed by atoms with Crippen molar-refractivity contribution in [3.8, 4) is 28.4 Å². The smallest absolute Gasteiger partial charge is 0.178 e. The SMILES string of the molecule is COc1ccc(C2(c3ccccc3)C=Cc3c4c(c5cc(N6CCC(O)CC6)c(OC)cc5c3O2)-c2ccccc2C4(C)C)cc1. The highest BCUT2D eigenvalue weighted by Crippen LogP contribution is 2.59. The van der Waals surface area contributed by atoms with Gasteiger partial charge in [-0.2, -0.15) is 0 Å². The molecule has 1 aliphatic carbocycles. The van der Waals surface area contributed by atoms with E-state index < -0.39 is 5.60 Å². The number of fused-ring (bicyclic) bond motifs is 8. The first-order chi connectivity index (χ1) is 22.4. The van der Waals surface area contributed by atoms with Crippen molar-refractivity contribution >= 4 is 22.5 Å². The van der Waals surface area contributed by atoms with E-state index in [1.54, 1.807) is 14.2 Å². The van der Waals surface area contributed by atoms with Gasteiger partial charge < -0.3 is 24.2 Å². The minimum atomic E-state index is -0.855. The van der Waals surface area contributed by atoms with E-state index in [1.807, 2.05) is 18.2 Å². The van der Waals surface area contributed by atoms with Crippen LogP contribution in [0.25, 0.3) is 28.0 Å². The fraction of sp³-hybridized carbons (Fsp3) is 0.268. The minimum Gasteiger partial charge on any atom is -0.497 e. The minimum absolute atomic E-state index is 0.236. The van der Waals surface area contributed by atoms with Gasteiger partial charge in [-0.1, -0.05) is 86.7 Å². The number of ether oxygens (including phenoxy) is 3. The van der Waals surface area contributed by atoms with Crippen LogP contribution in [-0.4, -0.2) is 38.5 Å². The Labute approximate surface area is 270 Å². The van der Waals surface area contributed by atoms with E-state index in [0.29, 0.717) is 0 Å². The summed E-state index contributed by atoms with van der Waals surface area (Å²) in [5.41, 5.74) is 8.29. The number of benzene rings is 5. The van der Waals surface area contributed by atoms with Gasteiger partial charge in [0.25, 0.3) is 0 Å². The van der Waals surface area contributed by atoms with Crippen LogP contribution >= 0.6 is 0 Å². The summed E-state index contributed by atoms with van der Waals surface area (Å²) in [7, 11) is 3.43. The third-order valence-corrected chi connectivity index (χ3v) is 10.4. The fourth-order valence-corrected chi connectivity index (χ4v) is 7.98. The zero-order valence-corrected chi connectivity index (χ0v) is 26.8. The lowest BCUT2D eigenvalue weighted by Crippen LogP contribution is -2.36. The molecule has 1 saturated heterocycles. The molecule has 5 nitrogen and oxygen atoms in total. The predicted molar refractivity (Wildman–Crippen MR) is 185 cm³/mol. The van der Waals surface area contributed by atoms with Crippen LogP contribution in [0.5, 0.6) is 17.2 Å². The summed E-state index contributed by atoms with van der Waals surface area (Å²) in [6.45, 7) is 6.23. The lowest BCUT2D eigenvalue weighted by atomic mass is 9.76. The molecule has 46 heavy (non-hydrogen) atoms. The zero-order chi connectivity index (χ0) is 31.6. The highest BCUT2D eigenvalue weighted by molar-refractivity contribution is 6.10. The van der Waals surface area contributed by atoms with Crippen molar-refractivity contribution in [2.75, 3.05) is 32.2 Å². The summed E-state index contributed by atoms with van der Waals surface area (Å²) in [4.78, 5) is 2.36.